The van der Waals surface area contributed by atoms with Gasteiger partial charge < -0.3 is 15.0 Å². The molecule has 0 aromatic rings. The summed E-state index contributed by atoms with van der Waals surface area (Å²) >= 11 is 1.97. The first-order valence-corrected chi connectivity index (χ1v) is 9.49. The normalized spacial score (nSPS) is 22.9. The van der Waals surface area contributed by atoms with Crippen LogP contribution in [0.1, 0.15) is 33.1 Å². The van der Waals surface area contributed by atoms with Gasteiger partial charge in [-0.3, -0.25) is 4.79 Å². The van der Waals surface area contributed by atoms with E-state index in [1.54, 1.807) is 4.90 Å². The van der Waals surface area contributed by atoms with E-state index >= 15 is 0 Å². The molecule has 2 fully saturated rings. The average molecular weight is 328 g/mol. The average Bonchev–Trinajstić information content (AvgIpc) is 3.03. The maximum atomic E-state index is 12.2. The monoisotopic (exact) mass is 328 g/mol. The van der Waals surface area contributed by atoms with E-state index in [4.69, 9.17) is 4.74 Å². The molecule has 1 atom stereocenters. The zero-order valence-electron chi connectivity index (χ0n) is 13.7. The molecule has 0 radical (unpaired) electrons. The van der Waals surface area contributed by atoms with Gasteiger partial charge in [0.05, 0.1) is 6.61 Å². The molecule has 0 aliphatic carbocycles. The topological polar surface area (TPSA) is 58.6 Å². The van der Waals surface area contributed by atoms with E-state index in [1.807, 2.05) is 25.6 Å². The van der Waals surface area contributed by atoms with Crippen LogP contribution in [0, 0.1) is 17.8 Å². The Kier molecular flexibility index (Phi) is 6.86. The zero-order valence-corrected chi connectivity index (χ0v) is 14.5. The largest absolute Gasteiger partial charge is 0.449 e. The van der Waals surface area contributed by atoms with Crippen LogP contribution in [-0.4, -0.2) is 54.6 Å². The van der Waals surface area contributed by atoms with Gasteiger partial charge in [-0.2, -0.15) is 11.8 Å². The van der Waals surface area contributed by atoms with E-state index in [0.29, 0.717) is 31.5 Å². The number of amides is 2. The number of nitrogens with zero attached hydrogens (tertiary/aromatic N) is 1. The van der Waals surface area contributed by atoms with Gasteiger partial charge in [-0.05, 0) is 42.6 Å². The summed E-state index contributed by atoms with van der Waals surface area (Å²) in [5, 5.41) is 3.09. The lowest BCUT2D eigenvalue weighted by Crippen LogP contribution is -2.44. The van der Waals surface area contributed by atoms with Crippen molar-refractivity contribution >= 4 is 23.8 Å². The van der Waals surface area contributed by atoms with Crippen LogP contribution in [0.3, 0.4) is 0 Å². The number of piperidine rings is 1. The van der Waals surface area contributed by atoms with Crippen molar-refractivity contribution in [1.29, 1.82) is 0 Å². The molecule has 126 valence electrons. The summed E-state index contributed by atoms with van der Waals surface area (Å²) in [5.41, 5.74) is 0. The first kappa shape index (κ1) is 17.4. The molecular formula is C16H28N2O3S. The lowest BCUT2D eigenvalue weighted by molar-refractivity contribution is -0.126. The molecule has 1 N–H and O–H groups in total. The highest BCUT2D eigenvalue weighted by Gasteiger charge is 2.28. The fourth-order valence-electron chi connectivity index (χ4n) is 2.79. The third kappa shape index (κ3) is 5.38. The van der Waals surface area contributed by atoms with Crippen molar-refractivity contribution in [2.75, 3.05) is 37.7 Å². The van der Waals surface area contributed by atoms with Crippen LogP contribution in [0.4, 0.5) is 4.79 Å². The van der Waals surface area contributed by atoms with E-state index in [1.165, 1.54) is 17.9 Å². The molecule has 0 aromatic heterocycles. The summed E-state index contributed by atoms with van der Waals surface area (Å²) in [7, 11) is 0. The molecule has 22 heavy (non-hydrogen) atoms. The summed E-state index contributed by atoms with van der Waals surface area (Å²) in [6.45, 7) is 6.54. The second kappa shape index (κ2) is 8.65. The fourth-order valence-corrected chi connectivity index (χ4v) is 4.07. The van der Waals surface area contributed by atoms with Gasteiger partial charge in [0.2, 0.25) is 5.91 Å². The minimum absolute atomic E-state index is 0.0446. The molecule has 0 bridgehead atoms. The van der Waals surface area contributed by atoms with Crippen LogP contribution in [0.15, 0.2) is 0 Å². The Morgan fingerprint density at radius 1 is 1.27 bits per heavy atom. The predicted octanol–water partition coefficient (Wildman–Crippen LogP) is 2.36. The number of carbonyl (C=O) groups is 2. The molecule has 2 heterocycles. The fraction of sp³-hybridized carbons (Fsp3) is 0.875. The SMILES string of the molecule is CC(C)COC(=O)N1CCC(C(=O)NCC2CCSC2)CC1. The summed E-state index contributed by atoms with van der Waals surface area (Å²) < 4.78 is 5.24. The number of carbonyl (C=O) groups excluding carboxylic acids is 2. The molecule has 2 aliphatic rings. The summed E-state index contributed by atoms with van der Waals surface area (Å²) in [6.07, 6.45) is 2.45. The summed E-state index contributed by atoms with van der Waals surface area (Å²) in [6, 6.07) is 0. The van der Waals surface area contributed by atoms with Crippen molar-refractivity contribution in [3.63, 3.8) is 0 Å². The van der Waals surface area contributed by atoms with Crippen molar-refractivity contribution < 1.29 is 14.3 Å². The van der Waals surface area contributed by atoms with E-state index in [-0.39, 0.29) is 17.9 Å². The number of rotatable bonds is 5. The van der Waals surface area contributed by atoms with E-state index in [0.717, 1.165) is 19.4 Å². The third-order valence-electron chi connectivity index (χ3n) is 4.25. The quantitative estimate of drug-likeness (QED) is 0.842. The van der Waals surface area contributed by atoms with Gasteiger partial charge >= 0.3 is 6.09 Å². The molecule has 6 heteroatoms. The van der Waals surface area contributed by atoms with Gasteiger partial charge in [0, 0.05) is 25.6 Å². The summed E-state index contributed by atoms with van der Waals surface area (Å²) in [5.74, 6) is 3.58. The molecule has 1 unspecified atom stereocenters. The number of thioether (sulfide) groups is 1. The standard InChI is InChI=1S/C16H28N2O3S/c1-12(2)10-21-16(20)18-6-3-14(4-7-18)15(19)17-9-13-5-8-22-11-13/h12-14H,3-11H2,1-2H3,(H,17,19). The molecule has 5 nitrogen and oxygen atoms in total. The van der Waals surface area contributed by atoms with Gasteiger partial charge in [0.25, 0.3) is 0 Å². The minimum atomic E-state index is -0.240. The second-order valence-electron chi connectivity index (χ2n) is 6.71. The van der Waals surface area contributed by atoms with Crippen molar-refractivity contribution in [2.45, 2.75) is 33.1 Å². The number of likely N-dealkylation sites (tertiary alicyclic amines) is 1. The van der Waals surface area contributed by atoms with Gasteiger partial charge in [-0.15, -0.1) is 0 Å². The van der Waals surface area contributed by atoms with Gasteiger partial charge in [0.15, 0.2) is 0 Å². The second-order valence-corrected chi connectivity index (χ2v) is 7.86. The molecule has 2 rings (SSSR count). The smallest absolute Gasteiger partial charge is 0.409 e. The Labute approximate surface area is 137 Å². The maximum absolute atomic E-state index is 12.2. The van der Waals surface area contributed by atoms with Crippen molar-refractivity contribution in [2.24, 2.45) is 17.8 Å². The molecular weight excluding hydrogens is 300 g/mol. The van der Waals surface area contributed by atoms with E-state index < -0.39 is 0 Å². The first-order chi connectivity index (χ1) is 10.6. The number of hydrogen-bond acceptors (Lipinski definition) is 4. The molecule has 0 aromatic carbocycles. The Morgan fingerprint density at radius 3 is 2.59 bits per heavy atom. The molecule has 0 spiro atoms. The van der Waals surface area contributed by atoms with Crippen molar-refractivity contribution in [3.8, 4) is 0 Å². The molecule has 2 aliphatic heterocycles. The third-order valence-corrected chi connectivity index (χ3v) is 5.48. The van der Waals surface area contributed by atoms with Crippen molar-refractivity contribution in [3.05, 3.63) is 0 Å². The number of nitrogens with one attached hydrogen (secondary N) is 1. The maximum Gasteiger partial charge on any atom is 0.409 e. The van der Waals surface area contributed by atoms with Crippen molar-refractivity contribution in [1.82, 2.24) is 10.2 Å². The Hall–Kier alpha value is -0.910. The highest BCUT2D eigenvalue weighted by Crippen LogP contribution is 2.23. The van der Waals surface area contributed by atoms with Gasteiger partial charge in [-0.1, -0.05) is 13.8 Å². The molecule has 0 saturated carbocycles. The molecule has 2 saturated heterocycles. The van der Waals surface area contributed by atoms with Crippen LogP contribution < -0.4 is 5.32 Å². The molecule has 2 amide bonds. The highest BCUT2D eigenvalue weighted by atomic mass is 32.2. The van der Waals surface area contributed by atoms with Crippen LogP contribution in [0.25, 0.3) is 0 Å². The van der Waals surface area contributed by atoms with E-state index in [9.17, 15) is 9.59 Å². The lowest BCUT2D eigenvalue weighted by Gasteiger charge is -2.31. The zero-order chi connectivity index (χ0) is 15.9. The number of ether oxygens (including phenoxy) is 1. The van der Waals surface area contributed by atoms with Gasteiger partial charge in [0.1, 0.15) is 0 Å². The first-order valence-electron chi connectivity index (χ1n) is 8.33. The lowest BCUT2D eigenvalue weighted by atomic mass is 9.96. The Balaban J connectivity index is 1.65. The number of hydrogen-bond donors (Lipinski definition) is 1. The van der Waals surface area contributed by atoms with Crippen LogP contribution in [-0.2, 0) is 9.53 Å². The van der Waals surface area contributed by atoms with Crippen LogP contribution in [0.2, 0.25) is 0 Å². The highest BCUT2D eigenvalue weighted by molar-refractivity contribution is 7.99. The summed E-state index contributed by atoms with van der Waals surface area (Å²) in [4.78, 5) is 25.8. The Morgan fingerprint density at radius 2 is 2.00 bits per heavy atom. The van der Waals surface area contributed by atoms with Gasteiger partial charge in [-0.25, -0.2) is 4.79 Å². The van der Waals surface area contributed by atoms with Crippen LogP contribution >= 0.6 is 11.8 Å². The van der Waals surface area contributed by atoms with E-state index in [2.05, 4.69) is 5.32 Å². The van der Waals surface area contributed by atoms with Crippen LogP contribution in [0.5, 0.6) is 0 Å². The minimum Gasteiger partial charge on any atom is -0.449 e. The predicted molar refractivity (Wildman–Crippen MR) is 88.9 cm³/mol. The Bertz CT molecular complexity index is 376.